The first-order valence-electron chi connectivity index (χ1n) is 3.33. The molecule has 0 aromatic carbocycles. The summed E-state index contributed by atoms with van der Waals surface area (Å²) in [5, 5.41) is 5.02. The van der Waals surface area contributed by atoms with Crippen LogP contribution in [0.2, 0.25) is 0 Å². The number of hydrogen-bond donors (Lipinski definition) is 2. The fourth-order valence-electron chi connectivity index (χ4n) is 0.549. The highest BCUT2D eigenvalue weighted by Gasteiger charge is 2.28. The number of alkyl halides is 3. The van der Waals surface area contributed by atoms with Gasteiger partial charge in [0.1, 0.15) is 0 Å². The highest BCUT2D eigenvalue weighted by molar-refractivity contribution is 7.10. The molecule has 1 aromatic rings. The van der Waals surface area contributed by atoms with Gasteiger partial charge in [-0.25, -0.2) is 4.79 Å². The van der Waals surface area contributed by atoms with Gasteiger partial charge in [-0.05, 0) is 0 Å². The zero-order valence-corrected chi connectivity index (χ0v) is 9.93. The first kappa shape index (κ1) is 11.8. The molecule has 2 amide bonds. The predicted octanol–water partition coefficient (Wildman–Crippen LogP) is 2.12. The third kappa shape index (κ3) is 3.13. The molecule has 0 aliphatic heterocycles. The Balaban J connectivity index is 2.74. The Hall–Kier alpha value is -0.300. The Bertz CT molecular complexity index is 336. The number of nitrogens with zero attached hydrogens (tertiary/aromatic N) is 2. The van der Waals surface area contributed by atoms with Gasteiger partial charge in [0.2, 0.25) is 5.13 Å². The van der Waals surface area contributed by atoms with Crippen LogP contribution in [0.25, 0.3) is 0 Å². The van der Waals surface area contributed by atoms with E-state index in [0.717, 1.165) is 11.5 Å². The van der Waals surface area contributed by atoms with Crippen LogP contribution in [0.1, 0.15) is 5.82 Å². The van der Waals surface area contributed by atoms with Crippen LogP contribution >= 0.6 is 46.3 Å². The highest BCUT2D eigenvalue weighted by Crippen LogP contribution is 2.37. The van der Waals surface area contributed by atoms with Crippen LogP contribution in [0, 0.1) is 0 Å². The Morgan fingerprint density at radius 1 is 1.50 bits per heavy atom. The van der Waals surface area contributed by atoms with Gasteiger partial charge in [0.25, 0.3) is 3.79 Å². The lowest BCUT2D eigenvalue weighted by Gasteiger charge is -2.03. The molecule has 0 spiro atoms. The fraction of sp³-hybridized carbons (Fsp3) is 0.400. The van der Waals surface area contributed by atoms with E-state index in [4.69, 9.17) is 34.8 Å². The van der Waals surface area contributed by atoms with E-state index < -0.39 is 9.82 Å². The van der Waals surface area contributed by atoms with Crippen molar-refractivity contribution in [3.63, 3.8) is 0 Å². The van der Waals surface area contributed by atoms with Gasteiger partial charge in [0.15, 0.2) is 5.82 Å². The van der Waals surface area contributed by atoms with E-state index in [1.54, 1.807) is 0 Å². The number of anilines is 1. The second-order valence-electron chi connectivity index (χ2n) is 2.13. The minimum absolute atomic E-state index is 0.0407. The van der Waals surface area contributed by atoms with E-state index in [9.17, 15) is 4.79 Å². The molecular formula is C5H5Cl3N4OS. The molecule has 0 radical (unpaired) electrons. The summed E-state index contributed by atoms with van der Waals surface area (Å²) < 4.78 is 2.10. The van der Waals surface area contributed by atoms with Crippen LogP contribution < -0.4 is 10.6 Å². The second-order valence-corrected chi connectivity index (χ2v) is 5.16. The number of hydrogen-bond acceptors (Lipinski definition) is 4. The number of nitrogens with one attached hydrogen (secondary N) is 2. The fourth-order valence-corrected chi connectivity index (χ4v) is 1.57. The Morgan fingerprint density at radius 3 is 2.57 bits per heavy atom. The van der Waals surface area contributed by atoms with E-state index in [1.807, 2.05) is 0 Å². The van der Waals surface area contributed by atoms with Gasteiger partial charge in [0, 0.05) is 18.6 Å². The average molecular weight is 276 g/mol. The molecule has 1 heterocycles. The smallest absolute Gasteiger partial charge is 0.320 e. The molecule has 2 N–H and O–H groups in total. The number of aromatic nitrogens is 2. The minimum Gasteiger partial charge on any atom is -0.341 e. The molecule has 14 heavy (non-hydrogen) atoms. The molecule has 5 nitrogen and oxygen atoms in total. The van der Waals surface area contributed by atoms with Crippen molar-refractivity contribution in [1.82, 2.24) is 14.7 Å². The van der Waals surface area contributed by atoms with Crippen molar-refractivity contribution in [2.75, 3.05) is 12.4 Å². The van der Waals surface area contributed by atoms with E-state index in [2.05, 4.69) is 20.0 Å². The van der Waals surface area contributed by atoms with Crippen molar-refractivity contribution in [3.05, 3.63) is 5.82 Å². The van der Waals surface area contributed by atoms with Crippen molar-refractivity contribution in [2.45, 2.75) is 3.79 Å². The maximum Gasteiger partial charge on any atom is 0.320 e. The summed E-state index contributed by atoms with van der Waals surface area (Å²) in [6, 6.07) is -0.406. The Labute approximate surface area is 98.9 Å². The van der Waals surface area contributed by atoms with E-state index in [1.165, 1.54) is 7.05 Å². The number of halogens is 3. The summed E-state index contributed by atoms with van der Waals surface area (Å²) >= 11 is 17.5. The summed E-state index contributed by atoms with van der Waals surface area (Å²) in [6.07, 6.45) is 0. The zero-order chi connectivity index (χ0) is 10.8. The molecule has 0 bridgehead atoms. The van der Waals surface area contributed by atoms with Crippen LogP contribution in [0.3, 0.4) is 0 Å². The van der Waals surface area contributed by atoms with E-state index in [-0.39, 0.29) is 11.0 Å². The number of urea groups is 1. The average Bonchev–Trinajstić information content (AvgIpc) is 2.51. The monoisotopic (exact) mass is 274 g/mol. The maximum absolute atomic E-state index is 10.9. The van der Waals surface area contributed by atoms with Crippen molar-refractivity contribution < 1.29 is 4.79 Å². The van der Waals surface area contributed by atoms with Gasteiger partial charge in [0.05, 0.1) is 0 Å². The third-order valence-corrected chi connectivity index (χ3v) is 2.26. The van der Waals surface area contributed by atoms with Crippen LogP contribution in [0.4, 0.5) is 9.93 Å². The second kappa shape index (κ2) is 4.48. The molecule has 0 saturated heterocycles. The first-order valence-corrected chi connectivity index (χ1v) is 5.24. The normalized spacial score (nSPS) is 11.1. The van der Waals surface area contributed by atoms with Gasteiger partial charge in [-0.2, -0.15) is 9.36 Å². The molecule has 78 valence electrons. The number of carbonyl (C=O) groups is 1. The van der Waals surface area contributed by atoms with Gasteiger partial charge in [-0.1, -0.05) is 34.8 Å². The molecule has 0 saturated carbocycles. The Morgan fingerprint density at radius 2 is 2.14 bits per heavy atom. The number of carbonyl (C=O) groups excluding carboxylic acids is 1. The molecule has 0 aliphatic rings. The Kier molecular flexibility index (Phi) is 3.77. The van der Waals surface area contributed by atoms with Crippen molar-refractivity contribution >= 4 is 57.5 Å². The summed E-state index contributed by atoms with van der Waals surface area (Å²) in [4.78, 5) is 14.7. The lowest BCUT2D eigenvalue weighted by molar-refractivity contribution is 0.254. The van der Waals surface area contributed by atoms with Crippen LogP contribution in [-0.4, -0.2) is 22.4 Å². The molecule has 0 atom stereocenters. The molecule has 0 unspecified atom stereocenters. The van der Waals surface area contributed by atoms with Crippen molar-refractivity contribution in [1.29, 1.82) is 0 Å². The largest absolute Gasteiger partial charge is 0.341 e. The molecule has 9 heteroatoms. The number of amides is 2. The molecule has 1 aromatic heterocycles. The molecule has 0 aliphatic carbocycles. The topological polar surface area (TPSA) is 66.9 Å². The van der Waals surface area contributed by atoms with Crippen molar-refractivity contribution in [2.24, 2.45) is 0 Å². The lowest BCUT2D eigenvalue weighted by atomic mass is 10.7. The van der Waals surface area contributed by atoms with Crippen LogP contribution in [0.15, 0.2) is 0 Å². The maximum atomic E-state index is 10.9. The predicted molar refractivity (Wildman–Crippen MR) is 57.2 cm³/mol. The summed E-state index contributed by atoms with van der Waals surface area (Å²) in [5.41, 5.74) is 0. The van der Waals surface area contributed by atoms with Crippen LogP contribution in [-0.2, 0) is 3.79 Å². The van der Waals surface area contributed by atoms with E-state index >= 15 is 0 Å². The van der Waals surface area contributed by atoms with Gasteiger partial charge in [-0.3, -0.25) is 5.32 Å². The van der Waals surface area contributed by atoms with Gasteiger partial charge in [-0.15, -0.1) is 0 Å². The van der Waals surface area contributed by atoms with Crippen LogP contribution in [0.5, 0.6) is 0 Å². The zero-order valence-electron chi connectivity index (χ0n) is 6.84. The summed E-state index contributed by atoms with van der Waals surface area (Å²) in [7, 11) is 1.48. The summed E-state index contributed by atoms with van der Waals surface area (Å²) in [6.45, 7) is 0. The molecular weight excluding hydrogens is 271 g/mol. The summed E-state index contributed by atoms with van der Waals surface area (Å²) in [5.74, 6) is 0.0407. The van der Waals surface area contributed by atoms with Crippen molar-refractivity contribution in [3.8, 4) is 0 Å². The first-order chi connectivity index (χ1) is 6.43. The van der Waals surface area contributed by atoms with E-state index in [0.29, 0.717) is 0 Å². The SMILES string of the molecule is CNC(=O)Nc1nc(C(Cl)(Cl)Cl)ns1. The lowest BCUT2D eigenvalue weighted by Crippen LogP contribution is -2.24. The number of rotatable bonds is 1. The quantitative estimate of drug-likeness (QED) is 0.772. The third-order valence-electron chi connectivity index (χ3n) is 1.13. The standard InChI is InChI=1S/C5H5Cl3N4OS/c1-9-3(13)11-4-10-2(12-14-4)5(6,7)8/h1H3,(H2,9,10,11,12,13). The highest BCUT2D eigenvalue weighted by atomic mass is 35.6. The molecule has 1 rings (SSSR count). The van der Waals surface area contributed by atoms with Gasteiger partial charge >= 0.3 is 6.03 Å². The van der Waals surface area contributed by atoms with Gasteiger partial charge < -0.3 is 5.32 Å². The minimum atomic E-state index is -1.67. The molecule has 0 fully saturated rings.